The largest absolute Gasteiger partial charge is 0.493 e. The number of hydrogen-bond acceptors (Lipinski definition) is 10. The number of hydrogen-bond donors (Lipinski definition) is 1. The first-order valence-electron chi connectivity index (χ1n) is 19.5. The second-order valence-corrected chi connectivity index (χ2v) is 17.0. The molecule has 0 radical (unpaired) electrons. The molecule has 58 heavy (non-hydrogen) atoms. The number of aryl methyl sites for hydroxylation is 1. The van der Waals surface area contributed by atoms with E-state index in [0.29, 0.717) is 61.4 Å². The van der Waals surface area contributed by atoms with Crippen LogP contribution in [0.4, 0.5) is 10.1 Å². The number of amides is 1. The van der Waals surface area contributed by atoms with Crippen LogP contribution in [0, 0.1) is 23.6 Å². The lowest BCUT2D eigenvalue weighted by Gasteiger charge is -2.48. The summed E-state index contributed by atoms with van der Waals surface area (Å²) in [4.78, 5) is 40.2. The Bertz CT molecular complexity index is 2080. The molecule has 12 nitrogen and oxygen atoms in total. The maximum Gasteiger partial charge on any atom is 0.304 e. The monoisotopic (exact) mass is 820 g/mol. The Kier molecular flexibility index (Phi) is 14.7. The first kappa shape index (κ1) is 44.3. The first-order chi connectivity index (χ1) is 27.5. The van der Waals surface area contributed by atoms with Gasteiger partial charge in [0.1, 0.15) is 30.9 Å². The summed E-state index contributed by atoms with van der Waals surface area (Å²) in [5.74, 6) is 3.82. The van der Waals surface area contributed by atoms with Crippen molar-refractivity contribution < 1.29 is 50.9 Å². The molecule has 0 spiro atoms. The van der Waals surface area contributed by atoms with Crippen LogP contribution in [0.1, 0.15) is 101 Å². The van der Waals surface area contributed by atoms with Gasteiger partial charge >= 0.3 is 11.9 Å². The van der Waals surface area contributed by atoms with Crippen LogP contribution < -0.4 is 14.4 Å². The summed E-state index contributed by atoms with van der Waals surface area (Å²) >= 11 is 0. The van der Waals surface area contributed by atoms with Crippen LogP contribution in [0.25, 0.3) is 0 Å². The minimum Gasteiger partial charge on any atom is -0.493 e. The molecule has 3 aromatic rings. The zero-order chi connectivity index (χ0) is 42.1. The van der Waals surface area contributed by atoms with Gasteiger partial charge in [0, 0.05) is 37.2 Å². The smallest absolute Gasteiger partial charge is 0.304 e. The summed E-state index contributed by atoms with van der Waals surface area (Å²) < 4.78 is 68.6. The lowest BCUT2D eigenvalue weighted by Crippen LogP contribution is -2.55. The van der Waals surface area contributed by atoms with E-state index in [1.54, 1.807) is 30.9 Å². The van der Waals surface area contributed by atoms with Crippen molar-refractivity contribution in [2.24, 2.45) is 5.92 Å². The number of esters is 2. The zero-order valence-corrected chi connectivity index (χ0v) is 34.8. The number of unbranched alkanes of at least 4 members (excludes halogenated alkanes) is 1. The van der Waals surface area contributed by atoms with Crippen molar-refractivity contribution in [1.29, 1.82) is 0 Å². The van der Waals surface area contributed by atoms with Crippen molar-refractivity contribution in [2.45, 2.75) is 96.7 Å². The molecule has 2 saturated heterocycles. The van der Waals surface area contributed by atoms with Crippen LogP contribution in [0.3, 0.4) is 0 Å². The van der Waals surface area contributed by atoms with Crippen molar-refractivity contribution in [3.8, 4) is 17.6 Å². The minimum atomic E-state index is -3.28. The second kappa shape index (κ2) is 19.3. The minimum absolute atomic E-state index is 0.0218. The zero-order valence-electron chi connectivity index (χ0n) is 34.0. The van der Waals surface area contributed by atoms with Crippen LogP contribution in [0.5, 0.6) is 5.75 Å². The highest BCUT2D eigenvalue weighted by Crippen LogP contribution is 2.49. The van der Waals surface area contributed by atoms with Gasteiger partial charge in [-0.2, -0.15) is 0 Å². The predicted molar refractivity (Wildman–Crippen MR) is 216 cm³/mol. The van der Waals surface area contributed by atoms with Crippen molar-refractivity contribution in [3.05, 3.63) is 94.8 Å². The Morgan fingerprint density at radius 1 is 1.00 bits per heavy atom. The quantitative estimate of drug-likeness (QED) is 0.0675. The molecule has 1 unspecified atom stereocenters. The third kappa shape index (κ3) is 12.1. The fraction of sp³-hybridized carbons (Fsp3) is 0.477. The number of benzene rings is 3. The molecular weight excluding hydrogens is 768 g/mol. The van der Waals surface area contributed by atoms with Gasteiger partial charge in [0.25, 0.3) is 0 Å². The van der Waals surface area contributed by atoms with Gasteiger partial charge in [0.05, 0.1) is 24.8 Å². The number of rotatable bonds is 17. The number of carbonyl (C=O) groups excluding carboxylic acids is 3. The summed E-state index contributed by atoms with van der Waals surface area (Å²) in [6, 6.07) is 18.4. The maximum atomic E-state index is 14.2. The van der Waals surface area contributed by atoms with Crippen molar-refractivity contribution >= 4 is 33.6 Å². The average Bonchev–Trinajstić information content (AvgIpc) is 3.16. The highest BCUT2D eigenvalue weighted by atomic mass is 32.2. The molecule has 14 heteroatoms. The third-order valence-electron chi connectivity index (χ3n) is 9.89. The van der Waals surface area contributed by atoms with Crippen LogP contribution in [0.15, 0.2) is 66.7 Å². The van der Waals surface area contributed by atoms with Crippen LogP contribution in [-0.4, -0.2) is 70.3 Å². The lowest BCUT2D eigenvalue weighted by molar-refractivity contribution is -0.291. The molecule has 1 amide bonds. The number of carbonyl (C=O) groups is 3. The molecule has 2 aliphatic rings. The molecule has 5 rings (SSSR count). The number of β-lactam (4-membered cyclic amide) rings is 1. The normalized spacial score (nSPS) is 18.9. The molecule has 0 bridgehead atoms. The van der Waals surface area contributed by atoms with Crippen molar-refractivity contribution in [3.63, 3.8) is 0 Å². The van der Waals surface area contributed by atoms with Crippen LogP contribution in [-0.2, 0) is 49.8 Å². The van der Waals surface area contributed by atoms with E-state index in [4.69, 9.17) is 23.7 Å². The third-order valence-corrected chi connectivity index (χ3v) is 10.6. The first-order valence-corrected chi connectivity index (χ1v) is 21.4. The number of anilines is 1. The standard InChI is InChI=1S/C44H53FN2O10S/c1-7-8-26-53-40-27-33(23-24-44(57-31(3)49)28-54-43(4,5)55-29-44)13-20-37(40)41-38(21-22-39(56-30(2)48)34-14-16-35(45)17-15-34)42(50)47(41)36-18-11-32(12-19-36)10-9-25-46-58(6,51)52/h11-20,27,38-39,41,46H,7-10,21-22,25-26,28-29H2,1-6H3/t38?,39-,41+/m0/s1. The van der Waals surface area contributed by atoms with E-state index in [0.717, 1.165) is 30.2 Å². The van der Waals surface area contributed by atoms with Crippen molar-refractivity contribution in [1.82, 2.24) is 4.72 Å². The fourth-order valence-corrected chi connectivity index (χ4v) is 7.45. The van der Waals surface area contributed by atoms with E-state index in [9.17, 15) is 27.2 Å². The molecular formula is C44H53FN2O10S. The van der Waals surface area contributed by atoms with Gasteiger partial charge in [-0.3, -0.25) is 14.4 Å². The molecule has 1 N–H and O–H groups in total. The van der Waals surface area contributed by atoms with Gasteiger partial charge in [0.2, 0.25) is 21.5 Å². The number of nitrogens with one attached hydrogen (secondary N) is 1. The van der Waals surface area contributed by atoms with Gasteiger partial charge < -0.3 is 28.6 Å². The van der Waals surface area contributed by atoms with Crippen LogP contribution in [0.2, 0.25) is 0 Å². The predicted octanol–water partition coefficient (Wildman–Crippen LogP) is 6.71. The Hall–Kier alpha value is -4.81. The molecule has 2 heterocycles. The Morgan fingerprint density at radius 3 is 2.31 bits per heavy atom. The summed E-state index contributed by atoms with van der Waals surface area (Å²) in [6.45, 7) is 9.00. The summed E-state index contributed by atoms with van der Waals surface area (Å²) in [7, 11) is -3.28. The summed E-state index contributed by atoms with van der Waals surface area (Å²) in [5, 5.41) is 0. The van der Waals surface area contributed by atoms with Gasteiger partial charge in [0.15, 0.2) is 5.79 Å². The van der Waals surface area contributed by atoms with Gasteiger partial charge in [-0.1, -0.05) is 49.6 Å². The number of sulfonamides is 1. The van der Waals surface area contributed by atoms with E-state index in [1.165, 1.54) is 26.0 Å². The van der Waals surface area contributed by atoms with E-state index < -0.39 is 57.2 Å². The van der Waals surface area contributed by atoms with E-state index in [2.05, 4.69) is 23.5 Å². The molecule has 0 saturated carbocycles. The number of halogens is 1. The second-order valence-electron chi connectivity index (χ2n) is 15.2. The Morgan fingerprint density at radius 2 is 1.69 bits per heavy atom. The molecule has 312 valence electrons. The highest BCUT2D eigenvalue weighted by Gasteiger charge is 2.50. The highest BCUT2D eigenvalue weighted by molar-refractivity contribution is 7.88. The molecule has 3 atom stereocenters. The van der Waals surface area contributed by atoms with E-state index >= 15 is 0 Å². The lowest BCUT2D eigenvalue weighted by atomic mass is 9.77. The number of nitrogens with zero attached hydrogens (tertiary/aromatic N) is 1. The molecule has 2 aliphatic heterocycles. The van der Waals surface area contributed by atoms with E-state index in [-0.39, 0.29) is 19.1 Å². The summed E-state index contributed by atoms with van der Waals surface area (Å²) in [6.07, 6.45) is 4.00. The summed E-state index contributed by atoms with van der Waals surface area (Å²) in [5.41, 5.74) is 2.31. The molecule has 0 aliphatic carbocycles. The van der Waals surface area contributed by atoms with Crippen molar-refractivity contribution in [2.75, 3.05) is 37.5 Å². The SMILES string of the molecule is CCCCOc1cc(C#CC2(OC(C)=O)COC(C)(C)OC2)ccc1[C@@H]1C(CC[C@H](OC(C)=O)c2ccc(F)cc2)C(=O)N1c1ccc(CCCNS(C)(=O)=O)cc1. The maximum absolute atomic E-state index is 14.2. The molecule has 2 fully saturated rings. The van der Waals surface area contributed by atoms with Crippen LogP contribution >= 0.6 is 0 Å². The Balaban J connectivity index is 1.49. The van der Waals surface area contributed by atoms with Gasteiger partial charge in [-0.15, -0.1) is 0 Å². The van der Waals surface area contributed by atoms with Gasteiger partial charge in [-0.25, -0.2) is 17.5 Å². The molecule has 0 aromatic heterocycles. The topological polar surface area (TPSA) is 147 Å². The fourth-order valence-electron chi connectivity index (χ4n) is 6.94. The molecule has 3 aromatic carbocycles. The van der Waals surface area contributed by atoms with E-state index in [1.807, 2.05) is 42.5 Å². The average molecular weight is 821 g/mol. The van der Waals surface area contributed by atoms with Gasteiger partial charge in [-0.05, 0) is 99.4 Å². The number of ether oxygens (including phenoxy) is 5. The Labute approximate surface area is 340 Å².